The first-order chi connectivity index (χ1) is 24.2. The second-order valence-corrected chi connectivity index (χ2v) is 14.1. The number of benzene rings is 2. The van der Waals surface area contributed by atoms with Crippen molar-refractivity contribution in [2.45, 2.75) is 49.9 Å². The van der Waals surface area contributed by atoms with Gasteiger partial charge in [0.05, 0.1) is 68.1 Å². The summed E-state index contributed by atoms with van der Waals surface area (Å²) < 4.78 is 27.6. The van der Waals surface area contributed by atoms with Crippen LogP contribution < -0.4 is 19.8 Å². The van der Waals surface area contributed by atoms with Gasteiger partial charge in [-0.3, -0.25) is 24.6 Å². The number of carbonyl (C=O) groups excluding carboxylic acids is 1. The molecule has 0 bridgehead atoms. The molecule has 4 aliphatic heterocycles. The zero-order chi connectivity index (χ0) is 34.6. The van der Waals surface area contributed by atoms with Crippen LogP contribution >= 0.6 is 11.6 Å². The van der Waals surface area contributed by atoms with Gasteiger partial charge in [0.2, 0.25) is 17.7 Å². The smallest absolute Gasteiger partial charge is 0.332 e. The largest absolute Gasteiger partial charge is 0.480 e. The average molecular weight is 700 g/mol. The fraction of sp³-hybridized carbons (Fsp3) is 0.389. The van der Waals surface area contributed by atoms with E-state index in [4.69, 9.17) is 26.1 Å². The van der Waals surface area contributed by atoms with E-state index in [-0.39, 0.29) is 22.5 Å². The first-order valence-corrected chi connectivity index (χ1v) is 17.0. The van der Waals surface area contributed by atoms with Crippen LogP contribution in [0.3, 0.4) is 0 Å². The fourth-order valence-corrected chi connectivity index (χ4v) is 8.10. The lowest BCUT2D eigenvalue weighted by molar-refractivity contribution is -0.572. The first kappa shape index (κ1) is 32.5. The van der Waals surface area contributed by atoms with Crippen molar-refractivity contribution in [1.82, 2.24) is 35.1 Å². The van der Waals surface area contributed by atoms with Crippen molar-refractivity contribution in [2.75, 3.05) is 40.4 Å². The number of amides is 1. The van der Waals surface area contributed by atoms with Gasteiger partial charge in [-0.1, -0.05) is 41.9 Å². The number of likely N-dealkylation sites (tertiary alicyclic amines) is 2. The zero-order valence-corrected chi connectivity index (χ0v) is 28.6. The molecule has 3 saturated heterocycles. The molecule has 0 radical (unpaired) electrons. The summed E-state index contributed by atoms with van der Waals surface area (Å²) in [5, 5.41) is 13.2. The second-order valence-electron chi connectivity index (χ2n) is 13.7. The van der Waals surface area contributed by atoms with Crippen LogP contribution in [-0.4, -0.2) is 98.1 Å². The van der Waals surface area contributed by atoms with Gasteiger partial charge >= 0.3 is 5.90 Å². The Bertz CT molecular complexity index is 2030. The van der Waals surface area contributed by atoms with Crippen LogP contribution in [-0.2, 0) is 17.9 Å². The maximum Gasteiger partial charge on any atom is 0.332 e. The summed E-state index contributed by atoms with van der Waals surface area (Å²) in [5.74, 6) is 0.674. The maximum atomic E-state index is 16.4. The highest BCUT2D eigenvalue weighted by molar-refractivity contribution is 6.36. The van der Waals surface area contributed by atoms with E-state index in [1.165, 1.54) is 7.11 Å². The normalized spacial score (nSPS) is 19.3. The van der Waals surface area contributed by atoms with Gasteiger partial charge in [-0.2, -0.15) is 0 Å². The zero-order valence-electron chi connectivity index (χ0n) is 27.8. The molecular weight excluding hydrogens is 663 g/mol. The van der Waals surface area contributed by atoms with E-state index < -0.39 is 5.82 Å². The summed E-state index contributed by atoms with van der Waals surface area (Å²) in [5.41, 5.74) is 3.61. The quantitative estimate of drug-likeness (QED) is 0.239. The van der Waals surface area contributed by atoms with Crippen molar-refractivity contribution in [2.24, 2.45) is 0 Å². The van der Waals surface area contributed by atoms with E-state index in [9.17, 15) is 9.90 Å². The Morgan fingerprint density at radius 2 is 1.44 bits per heavy atom. The first-order valence-electron chi connectivity index (χ1n) is 16.6. The molecule has 0 unspecified atom stereocenters. The summed E-state index contributed by atoms with van der Waals surface area (Å²) in [6.45, 7) is 4.14. The van der Waals surface area contributed by atoms with E-state index in [2.05, 4.69) is 35.1 Å². The molecule has 0 atom stereocenters. The third kappa shape index (κ3) is 5.82. The van der Waals surface area contributed by atoms with Crippen molar-refractivity contribution >= 4 is 23.4 Å². The molecule has 2 aromatic carbocycles. The highest BCUT2D eigenvalue weighted by atomic mass is 35.5. The number of nitrogens with zero attached hydrogens (tertiary/aromatic N) is 6. The molecule has 50 heavy (non-hydrogen) atoms. The molecule has 258 valence electrons. The molecule has 0 aliphatic carbocycles. The minimum Gasteiger partial charge on any atom is -0.480 e. The summed E-state index contributed by atoms with van der Waals surface area (Å²) in [7, 11) is 3.08. The molecule has 4 aliphatic rings. The molecular formula is C36H37ClFN8O4+. The number of hydrogen-bond acceptors (Lipinski definition) is 9. The number of aliphatic hydroxyl groups excluding tert-OH is 1. The van der Waals surface area contributed by atoms with E-state index in [0.717, 1.165) is 39.0 Å². The Morgan fingerprint density at radius 1 is 0.860 bits per heavy atom. The lowest BCUT2D eigenvalue weighted by Gasteiger charge is -2.47. The Labute approximate surface area is 293 Å². The third-order valence-electron chi connectivity index (χ3n) is 10.2. The summed E-state index contributed by atoms with van der Waals surface area (Å²) in [6.07, 6.45) is 6.21. The van der Waals surface area contributed by atoms with Crippen molar-refractivity contribution in [3.63, 3.8) is 0 Å². The topological polar surface area (TPSA) is 140 Å². The number of carbonyl (C=O) groups is 1. The van der Waals surface area contributed by atoms with Crippen LogP contribution in [0.4, 0.5) is 4.39 Å². The predicted octanol–water partition coefficient (Wildman–Crippen LogP) is 2.93. The predicted molar refractivity (Wildman–Crippen MR) is 183 cm³/mol. The second kappa shape index (κ2) is 12.6. The molecule has 3 fully saturated rings. The number of hydrogen-bond donors (Lipinski definition) is 3. The molecule has 0 saturated carbocycles. The number of nitrogens with one attached hydrogen (secondary N) is 2. The molecule has 12 nitrogen and oxygen atoms in total. The SMILES string of the molecule is COc1nc(-c2cccc(-c3cccc(-c4cnc(CN5CC6(CCC(=O)N6)C5)c(OC)n4)c3Cl)c2F)cnc1CN1CC2(CCC(O)=[NH+]2)C1. The van der Waals surface area contributed by atoms with E-state index >= 15 is 4.39 Å². The number of aromatic nitrogens is 4. The summed E-state index contributed by atoms with van der Waals surface area (Å²) >= 11 is 6.98. The highest BCUT2D eigenvalue weighted by Gasteiger charge is 2.52. The lowest BCUT2D eigenvalue weighted by atomic mass is 9.88. The number of methoxy groups -OCH3 is 2. The van der Waals surface area contributed by atoms with Gasteiger partial charge in [0, 0.05) is 61.3 Å². The molecule has 6 heterocycles. The van der Waals surface area contributed by atoms with Gasteiger partial charge in [0.1, 0.15) is 17.2 Å². The maximum absolute atomic E-state index is 16.4. The monoisotopic (exact) mass is 699 g/mol. The number of aliphatic hydroxyl groups is 1. The summed E-state index contributed by atoms with van der Waals surface area (Å²) in [6, 6.07) is 10.5. The van der Waals surface area contributed by atoms with Crippen molar-refractivity contribution < 1.29 is 28.8 Å². The molecule has 1 amide bonds. The minimum absolute atomic E-state index is 0.0794. The van der Waals surface area contributed by atoms with Gasteiger partial charge < -0.3 is 19.9 Å². The van der Waals surface area contributed by atoms with Crippen molar-refractivity contribution in [3.05, 3.63) is 71.0 Å². The van der Waals surface area contributed by atoms with Gasteiger partial charge in [0.25, 0.3) is 0 Å². The Morgan fingerprint density at radius 3 is 2.02 bits per heavy atom. The number of ether oxygens (including phenoxy) is 2. The van der Waals surface area contributed by atoms with Crippen molar-refractivity contribution in [1.29, 1.82) is 0 Å². The van der Waals surface area contributed by atoms with Crippen LogP contribution in [0.5, 0.6) is 11.8 Å². The van der Waals surface area contributed by atoms with Gasteiger partial charge in [-0.15, -0.1) is 0 Å². The standard InChI is InChI=1S/C36H36ClFN8O4/c1-49-33-27(15-45-17-35(18-45)11-9-29(47)43-35)39-13-25(41-33)23-7-3-5-21(31(23)37)22-6-4-8-24(32(22)38)26-14-40-28(34(42-26)50-2)16-46-19-36(20-46)12-10-30(48)44-36/h3-8,13-14H,9-12,15-20H2,1-2H3,(H,43,47)(H,44,48)/p+1. The molecule has 2 spiro atoms. The minimum atomic E-state index is -0.492. The van der Waals surface area contributed by atoms with Crippen molar-refractivity contribution in [3.8, 4) is 45.4 Å². The van der Waals surface area contributed by atoms with Crippen LogP contribution in [0.25, 0.3) is 33.6 Å². The molecule has 14 heteroatoms. The number of rotatable bonds is 9. The van der Waals surface area contributed by atoms with E-state index in [1.54, 1.807) is 49.8 Å². The Kier molecular flexibility index (Phi) is 8.16. The lowest BCUT2D eigenvalue weighted by Crippen LogP contribution is -2.93. The van der Waals surface area contributed by atoms with Crippen LogP contribution in [0.1, 0.15) is 37.1 Å². The number of halogens is 2. The van der Waals surface area contributed by atoms with E-state index in [0.29, 0.717) is 88.1 Å². The van der Waals surface area contributed by atoms with E-state index in [1.807, 2.05) is 6.07 Å². The highest BCUT2D eigenvalue weighted by Crippen LogP contribution is 2.40. The van der Waals surface area contributed by atoms with Crippen LogP contribution in [0.15, 0.2) is 48.8 Å². The molecule has 4 aromatic rings. The summed E-state index contributed by atoms with van der Waals surface area (Å²) in [4.78, 5) is 38.0. The Balaban J connectivity index is 1.02. The molecule has 3 N–H and O–H groups in total. The third-order valence-corrected chi connectivity index (χ3v) is 10.6. The van der Waals surface area contributed by atoms with Gasteiger partial charge in [0.15, 0.2) is 5.54 Å². The van der Waals surface area contributed by atoms with Gasteiger partial charge in [-0.25, -0.2) is 19.4 Å². The fourth-order valence-electron chi connectivity index (χ4n) is 7.78. The van der Waals surface area contributed by atoms with Crippen LogP contribution in [0, 0.1) is 5.82 Å². The average Bonchev–Trinajstić information content (AvgIpc) is 3.68. The molecule has 2 aromatic heterocycles. The van der Waals surface area contributed by atoms with Crippen LogP contribution in [0.2, 0.25) is 5.02 Å². The van der Waals surface area contributed by atoms with Gasteiger partial charge in [-0.05, 0) is 12.5 Å². The Hall–Kier alpha value is -4.72. The molecule has 8 rings (SSSR count).